The number of methoxy groups -OCH3 is 1. The maximum atomic E-state index is 13.8. The molecule has 0 saturated carbocycles. The van der Waals surface area contributed by atoms with Crippen molar-refractivity contribution in [1.82, 2.24) is 14.7 Å². The molecule has 0 radical (unpaired) electrons. The lowest BCUT2D eigenvalue weighted by Crippen LogP contribution is -2.19. The van der Waals surface area contributed by atoms with Gasteiger partial charge in [-0.15, -0.1) is 0 Å². The summed E-state index contributed by atoms with van der Waals surface area (Å²) in [4.78, 5) is 4.64. The van der Waals surface area contributed by atoms with E-state index in [0.717, 1.165) is 39.4 Å². The molecule has 5 heteroatoms. The summed E-state index contributed by atoms with van der Waals surface area (Å²) in [6, 6.07) is 17.3. The molecule has 2 aromatic heterocycles. The Morgan fingerprint density at radius 2 is 1.87 bits per heavy atom. The van der Waals surface area contributed by atoms with Gasteiger partial charge in [-0.1, -0.05) is 18.2 Å². The predicted molar refractivity (Wildman–Crippen MR) is 121 cm³/mol. The number of hydrogen-bond acceptors (Lipinski definition) is 3. The third kappa shape index (κ3) is 3.48. The number of benzene rings is 2. The van der Waals surface area contributed by atoms with Crippen molar-refractivity contribution in [2.75, 3.05) is 7.11 Å². The van der Waals surface area contributed by atoms with Crippen LogP contribution in [0.25, 0.3) is 22.5 Å². The monoisotopic (exact) mass is 411 g/mol. The fourth-order valence-electron chi connectivity index (χ4n) is 4.01. The van der Waals surface area contributed by atoms with Gasteiger partial charge in [0.25, 0.3) is 0 Å². The van der Waals surface area contributed by atoms with Crippen molar-refractivity contribution in [2.45, 2.75) is 13.0 Å². The molecule has 0 fully saturated rings. The molecule has 1 aliphatic rings. The number of pyridine rings is 1. The van der Waals surface area contributed by atoms with E-state index in [-0.39, 0.29) is 11.9 Å². The number of aryl methyl sites for hydroxylation is 1. The van der Waals surface area contributed by atoms with Crippen LogP contribution in [-0.4, -0.2) is 16.5 Å². The van der Waals surface area contributed by atoms with Gasteiger partial charge in [0.2, 0.25) is 0 Å². The summed E-state index contributed by atoms with van der Waals surface area (Å²) < 4.78 is 21.1. The summed E-state index contributed by atoms with van der Waals surface area (Å²) >= 11 is 0. The molecule has 154 valence electrons. The van der Waals surface area contributed by atoms with E-state index < -0.39 is 0 Å². The number of fused-ring (bicyclic) bond motifs is 1. The highest BCUT2D eigenvalue weighted by molar-refractivity contribution is 5.77. The molecule has 2 aromatic carbocycles. The summed E-state index contributed by atoms with van der Waals surface area (Å²) in [7, 11) is 1.66. The smallest absolute Gasteiger partial charge is 0.144 e. The second-order valence-corrected chi connectivity index (χ2v) is 7.61. The molecule has 1 unspecified atom stereocenters. The van der Waals surface area contributed by atoms with E-state index >= 15 is 0 Å². The highest BCUT2D eigenvalue weighted by atomic mass is 19.1. The molecule has 5 rings (SSSR count). The standard InChI is InChI=1S/C26H22FN3O/c1-17-14-20(7-10-24(17)27)25-23(4-3-12-28-25)19-11-13-30-21(15-19)16-29-26(30)18-5-8-22(31-2)9-6-18/h3-16,25,28H,1-2H3. The minimum atomic E-state index is -0.188. The summed E-state index contributed by atoms with van der Waals surface area (Å²) in [5, 5.41) is 3.41. The third-order valence-corrected chi connectivity index (χ3v) is 5.67. The quantitative estimate of drug-likeness (QED) is 0.468. The Hall–Kier alpha value is -3.86. The molecule has 1 atom stereocenters. The Morgan fingerprint density at radius 3 is 2.65 bits per heavy atom. The van der Waals surface area contributed by atoms with Gasteiger partial charge >= 0.3 is 0 Å². The topological polar surface area (TPSA) is 38.6 Å². The minimum absolute atomic E-state index is 0.0456. The third-order valence-electron chi connectivity index (χ3n) is 5.67. The Bertz CT molecular complexity index is 1320. The molecule has 1 N–H and O–H groups in total. The summed E-state index contributed by atoms with van der Waals surface area (Å²) in [5.41, 5.74) is 5.92. The first-order valence-corrected chi connectivity index (χ1v) is 10.1. The van der Waals surface area contributed by atoms with Gasteiger partial charge in [-0.2, -0.15) is 0 Å². The van der Waals surface area contributed by atoms with E-state index in [1.54, 1.807) is 14.0 Å². The van der Waals surface area contributed by atoms with Crippen LogP contribution in [0.1, 0.15) is 22.7 Å². The predicted octanol–water partition coefficient (Wildman–Crippen LogP) is 5.70. The van der Waals surface area contributed by atoms with E-state index in [1.165, 1.54) is 6.07 Å². The van der Waals surface area contributed by atoms with Gasteiger partial charge in [0, 0.05) is 11.8 Å². The van der Waals surface area contributed by atoms with Crippen LogP contribution in [0, 0.1) is 12.7 Å². The van der Waals surface area contributed by atoms with Crippen LogP contribution >= 0.6 is 0 Å². The largest absolute Gasteiger partial charge is 0.497 e. The lowest BCUT2D eigenvalue weighted by Gasteiger charge is -2.25. The molecule has 1 aliphatic heterocycles. The first-order valence-electron chi connectivity index (χ1n) is 10.1. The van der Waals surface area contributed by atoms with Crippen LogP contribution in [0.4, 0.5) is 4.39 Å². The summed E-state index contributed by atoms with van der Waals surface area (Å²) in [5.74, 6) is 1.51. The highest BCUT2D eigenvalue weighted by Gasteiger charge is 2.20. The Labute approximate surface area is 180 Å². The Kier molecular flexibility index (Phi) is 4.79. The van der Waals surface area contributed by atoms with Gasteiger partial charge in [0.15, 0.2) is 0 Å². The van der Waals surface area contributed by atoms with Crippen molar-refractivity contribution in [3.63, 3.8) is 0 Å². The van der Waals surface area contributed by atoms with Crippen LogP contribution in [0.3, 0.4) is 0 Å². The number of ether oxygens (including phenoxy) is 1. The maximum Gasteiger partial charge on any atom is 0.144 e. The first-order chi connectivity index (χ1) is 15.1. The van der Waals surface area contributed by atoms with Crippen molar-refractivity contribution < 1.29 is 9.13 Å². The van der Waals surface area contributed by atoms with Crippen LogP contribution in [0.5, 0.6) is 5.75 Å². The van der Waals surface area contributed by atoms with Crippen LogP contribution in [0.15, 0.2) is 85.3 Å². The van der Waals surface area contributed by atoms with E-state index in [9.17, 15) is 4.39 Å². The zero-order valence-electron chi connectivity index (χ0n) is 17.3. The van der Waals surface area contributed by atoms with Crippen LogP contribution in [0.2, 0.25) is 0 Å². The van der Waals surface area contributed by atoms with Gasteiger partial charge in [-0.3, -0.25) is 4.40 Å². The average Bonchev–Trinajstić information content (AvgIpc) is 3.24. The van der Waals surface area contributed by atoms with Gasteiger partial charge in [0.05, 0.1) is 24.9 Å². The fourth-order valence-corrected chi connectivity index (χ4v) is 4.01. The van der Waals surface area contributed by atoms with Crippen molar-refractivity contribution in [2.24, 2.45) is 0 Å². The Balaban J connectivity index is 1.52. The zero-order chi connectivity index (χ0) is 21.4. The number of dihydropyridines is 1. The summed E-state index contributed by atoms with van der Waals surface area (Å²) in [6.45, 7) is 1.79. The number of aromatic nitrogens is 2. The van der Waals surface area contributed by atoms with Crippen molar-refractivity contribution in [3.8, 4) is 17.1 Å². The summed E-state index contributed by atoms with van der Waals surface area (Å²) in [6.07, 6.45) is 9.94. The molecule has 0 spiro atoms. The van der Waals surface area contributed by atoms with Crippen LogP contribution in [-0.2, 0) is 0 Å². The molecular formula is C26H22FN3O. The van der Waals surface area contributed by atoms with Crippen molar-refractivity contribution in [3.05, 3.63) is 108 Å². The maximum absolute atomic E-state index is 13.8. The normalized spacial score (nSPS) is 15.6. The molecule has 31 heavy (non-hydrogen) atoms. The second-order valence-electron chi connectivity index (χ2n) is 7.61. The van der Waals surface area contributed by atoms with Gasteiger partial charge in [0.1, 0.15) is 17.4 Å². The molecule has 0 aliphatic carbocycles. The first kappa shape index (κ1) is 19.1. The number of halogens is 1. The molecule has 0 amide bonds. The average molecular weight is 411 g/mol. The number of nitrogens with zero attached hydrogens (tertiary/aromatic N) is 2. The Morgan fingerprint density at radius 1 is 1.03 bits per heavy atom. The molecule has 0 saturated heterocycles. The lowest BCUT2D eigenvalue weighted by molar-refractivity contribution is 0.415. The van der Waals surface area contributed by atoms with E-state index in [4.69, 9.17) is 4.74 Å². The van der Waals surface area contributed by atoms with E-state index in [2.05, 4.69) is 32.9 Å². The number of nitrogens with one attached hydrogen (secondary N) is 1. The van der Waals surface area contributed by atoms with Gasteiger partial charge in [-0.05, 0) is 83.9 Å². The van der Waals surface area contributed by atoms with Crippen molar-refractivity contribution >= 4 is 11.1 Å². The number of allylic oxidation sites excluding steroid dienone is 2. The van der Waals surface area contributed by atoms with Gasteiger partial charge in [-0.25, -0.2) is 9.37 Å². The van der Waals surface area contributed by atoms with E-state index in [1.807, 2.05) is 61.1 Å². The minimum Gasteiger partial charge on any atom is -0.497 e. The second kappa shape index (κ2) is 7.76. The SMILES string of the molecule is COc1ccc(-c2ncc3cc(C4=CC=CNC4c4ccc(F)c(C)c4)ccn23)cc1. The lowest BCUT2D eigenvalue weighted by atomic mass is 9.90. The van der Waals surface area contributed by atoms with Gasteiger partial charge < -0.3 is 10.1 Å². The number of imidazole rings is 1. The number of rotatable bonds is 4. The van der Waals surface area contributed by atoms with Crippen molar-refractivity contribution in [1.29, 1.82) is 0 Å². The molecular weight excluding hydrogens is 389 g/mol. The van der Waals surface area contributed by atoms with Crippen LogP contribution < -0.4 is 10.1 Å². The number of hydrogen-bond donors (Lipinski definition) is 1. The zero-order valence-corrected chi connectivity index (χ0v) is 17.3. The fraction of sp³-hybridized carbons (Fsp3) is 0.115. The molecule has 4 nitrogen and oxygen atoms in total. The van der Waals surface area contributed by atoms with E-state index in [0.29, 0.717) is 5.56 Å². The molecule has 4 aromatic rings. The molecule has 0 bridgehead atoms. The molecule has 3 heterocycles. The highest BCUT2D eigenvalue weighted by Crippen LogP contribution is 2.34.